The summed E-state index contributed by atoms with van der Waals surface area (Å²) >= 11 is 0. The van der Waals surface area contributed by atoms with Crippen LogP contribution in [0.2, 0.25) is 0 Å². The molecule has 3 aromatic rings. The molecule has 0 unspecified atom stereocenters. The third kappa shape index (κ3) is 4.26. The van der Waals surface area contributed by atoms with Gasteiger partial charge in [0.15, 0.2) is 5.60 Å². The quantitative estimate of drug-likeness (QED) is 0.640. The molecule has 2 fully saturated rings. The Hall–Kier alpha value is -3.87. The maximum absolute atomic E-state index is 13.3. The van der Waals surface area contributed by atoms with Gasteiger partial charge in [0, 0.05) is 48.8 Å². The van der Waals surface area contributed by atoms with Crippen molar-refractivity contribution < 1.29 is 14.3 Å². The maximum atomic E-state index is 13.3. The van der Waals surface area contributed by atoms with E-state index < -0.39 is 5.60 Å². The van der Waals surface area contributed by atoms with Crippen LogP contribution in [0, 0.1) is 6.92 Å². The number of hydrogen-bond donors (Lipinski definition) is 1. The Morgan fingerprint density at radius 1 is 1.12 bits per heavy atom. The Morgan fingerprint density at radius 2 is 1.97 bits per heavy atom. The van der Waals surface area contributed by atoms with Gasteiger partial charge in [0.1, 0.15) is 0 Å². The third-order valence-electron chi connectivity index (χ3n) is 6.33. The molecule has 2 aromatic carbocycles. The summed E-state index contributed by atoms with van der Waals surface area (Å²) in [5, 5.41) is 3.41. The largest absolute Gasteiger partial charge is 0.439 e. The van der Waals surface area contributed by atoms with Gasteiger partial charge < -0.3 is 15.0 Å². The van der Waals surface area contributed by atoms with Gasteiger partial charge in [-0.3, -0.25) is 14.7 Å². The average molecular weight is 443 g/mol. The first-order chi connectivity index (χ1) is 16.0. The standard InChI is InChI=1S/C26H26N4O3/c1-19-9-10-21(14-23(19)28-16-20-6-5-12-27-15-20)24(31)29-13-11-26(17-29)18-30(25(32)33-26)22-7-3-2-4-8-22/h2-10,12,14-15,28H,11,13,16-18H2,1H3/t26-/m1/s1. The molecular weight excluding hydrogens is 416 g/mol. The SMILES string of the molecule is Cc1ccc(C(=O)N2CC[C@@]3(C2)CN(c2ccccc2)C(=O)O3)cc1NCc1cccnc1. The predicted molar refractivity (Wildman–Crippen MR) is 126 cm³/mol. The molecule has 1 atom stereocenters. The van der Waals surface area contributed by atoms with Crippen LogP contribution in [0.4, 0.5) is 16.2 Å². The number of hydrogen-bond acceptors (Lipinski definition) is 5. The second-order valence-electron chi connectivity index (χ2n) is 8.69. The molecule has 1 N–H and O–H groups in total. The fourth-order valence-corrected chi connectivity index (χ4v) is 4.49. The lowest BCUT2D eigenvalue weighted by Crippen LogP contribution is -2.39. The monoisotopic (exact) mass is 442 g/mol. The number of carbonyl (C=O) groups excluding carboxylic acids is 2. The molecular formula is C26H26N4O3. The van der Waals surface area contributed by atoms with Crippen molar-refractivity contribution in [2.75, 3.05) is 29.9 Å². The predicted octanol–water partition coefficient (Wildman–Crippen LogP) is 4.24. The summed E-state index contributed by atoms with van der Waals surface area (Å²) in [6.45, 7) is 4.05. The van der Waals surface area contributed by atoms with Crippen LogP contribution >= 0.6 is 0 Å². The lowest BCUT2D eigenvalue weighted by atomic mass is 10.0. The molecule has 0 bridgehead atoms. The highest BCUT2D eigenvalue weighted by Gasteiger charge is 2.51. The highest BCUT2D eigenvalue weighted by Crippen LogP contribution is 2.35. The molecule has 2 amide bonds. The van der Waals surface area contributed by atoms with Gasteiger partial charge in [-0.05, 0) is 48.4 Å². The van der Waals surface area contributed by atoms with E-state index in [4.69, 9.17) is 4.74 Å². The summed E-state index contributed by atoms with van der Waals surface area (Å²) in [4.78, 5) is 33.4. The van der Waals surface area contributed by atoms with Crippen molar-refractivity contribution in [3.63, 3.8) is 0 Å². The van der Waals surface area contributed by atoms with Crippen LogP contribution in [0.15, 0.2) is 73.1 Å². The number of benzene rings is 2. The zero-order valence-corrected chi connectivity index (χ0v) is 18.5. The van der Waals surface area contributed by atoms with Crippen molar-refractivity contribution in [2.45, 2.75) is 25.5 Å². The third-order valence-corrected chi connectivity index (χ3v) is 6.33. The van der Waals surface area contributed by atoms with E-state index in [0.29, 0.717) is 38.2 Å². The van der Waals surface area contributed by atoms with Gasteiger partial charge in [-0.15, -0.1) is 0 Å². The summed E-state index contributed by atoms with van der Waals surface area (Å²) in [7, 11) is 0. The second kappa shape index (κ2) is 8.58. The summed E-state index contributed by atoms with van der Waals surface area (Å²) in [5.41, 5.74) is 3.83. The van der Waals surface area contributed by atoms with Gasteiger partial charge in [-0.2, -0.15) is 0 Å². The molecule has 2 aliphatic heterocycles. The average Bonchev–Trinajstić information content (AvgIpc) is 3.41. The molecule has 2 aliphatic rings. The minimum atomic E-state index is -0.658. The van der Waals surface area contributed by atoms with Crippen LogP contribution < -0.4 is 10.2 Å². The maximum Gasteiger partial charge on any atom is 0.415 e. The Morgan fingerprint density at radius 3 is 2.76 bits per heavy atom. The van der Waals surface area contributed by atoms with Gasteiger partial charge in [-0.1, -0.05) is 30.3 Å². The number of carbonyl (C=O) groups is 2. The lowest BCUT2D eigenvalue weighted by molar-refractivity contribution is 0.0553. The first kappa shape index (κ1) is 21.0. The van der Waals surface area contributed by atoms with Crippen LogP contribution in [-0.4, -0.2) is 47.1 Å². The number of para-hydroxylation sites is 1. The molecule has 0 radical (unpaired) electrons. The molecule has 1 spiro atoms. The van der Waals surface area contributed by atoms with E-state index in [1.54, 1.807) is 16.0 Å². The topological polar surface area (TPSA) is 74.8 Å². The minimum absolute atomic E-state index is 0.0505. The molecule has 0 saturated carbocycles. The van der Waals surface area contributed by atoms with Crippen LogP contribution in [0.1, 0.15) is 27.9 Å². The van der Waals surface area contributed by atoms with E-state index in [-0.39, 0.29) is 12.0 Å². The normalized spacial score (nSPS) is 19.7. The highest BCUT2D eigenvalue weighted by molar-refractivity contribution is 5.96. The Bertz CT molecular complexity index is 1170. The minimum Gasteiger partial charge on any atom is -0.439 e. The molecule has 7 heteroatoms. The van der Waals surface area contributed by atoms with Gasteiger partial charge in [0.05, 0.1) is 13.1 Å². The summed E-state index contributed by atoms with van der Waals surface area (Å²) in [6.07, 6.45) is 3.85. The molecule has 2 saturated heterocycles. The van der Waals surface area contributed by atoms with Crippen molar-refractivity contribution in [2.24, 2.45) is 0 Å². The Labute approximate surface area is 193 Å². The van der Waals surface area contributed by atoms with E-state index in [0.717, 1.165) is 22.5 Å². The number of aryl methyl sites for hydroxylation is 1. The van der Waals surface area contributed by atoms with Gasteiger partial charge in [0.25, 0.3) is 5.91 Å². The number of nitrogens with one attached hydrogen (secondary N) is 1. The molecule has 5 rings (SSSR count). The van der Waals surface area contributed by atoms with Crippen LogP contribution in [-0.2, 0) is 11.3 Å². The molecule has 0 aliphatic carbocycles. The molecule has 7 nitrogen and oxygen atoms in total. The number of ether oxygens (including phenoxy) is 1. The first-order valence-electron chi connectivity index (χ1n) is 11.1. The number of rotatable bonds is 5. The summed E-state index contributed by atoms with van der Waals surface area (Å²) < 4.78 is 5.80. The number of anilines is 2. The lowest BCUT2D eigenvalue weighted by Gasteiger charge is -2.22. The molecule has 1 aromatic heterocycles. The van der Waals surface area contributed by atoms with E-state index in [9.17, 15) is 9.59 Å². The Kier molecular flexibility index (Phi) is 5.46. The zero-order chi connectivity index (χ0) is 22.8. The number of likely N-dealkylation sites (tertiary alicyclic amines) is 1. The molecule has 33 heavy (non-hydrogen) atoms. The van der Waals surface area contributed by atoms with Crippen molar-refractivity contribution in [3.8, 4) is 0 Å². The van der Waals surface area contributed by atoms with Crippen molar-refractivity contribution in [1.82, 2.24) is 9.88 Å². The Balaban J connectivity index is 1.27. The second-order valence-corrected chi connectivity index (χ2v) is 8.69. The van der Waals surface area contributed by atoms with E-state index in [1.807, 2.05) is 73.8 Å². The fourth-order valence-electron chi connectivity index (χ4n) is 4.49. The number of nitrogens with zero attached hydrogens (tertiary/aromatic N) is 3. The first-order valence-corrected chi connectivity index (χ1v) is 11.1. The van der Waals surface area contributed by atoms with Crippen molar-refractivity contribution >= 4 is 23.4 Å². The zero-order valence-electron chi connectivity index (χ0n) is 18.5. The van der Waals surface area contributed by atoms with Crippen molar-refractivity contribution in [3.05, 3.63) is 89.7 Å². The molecule has 168 valence electrons. The van der Waals surface area contributed by atoms with E-state index >= 15 is 0 Å². The summed E-state index contributed by atoms with van der Waals surface area (Å²) in [5.74, 6) is -0.0505. The highest BCUT2D eigenvalue weighted by atomic mass is 16.6. The number of amides is 2. The van der Waals surface area contributed by atoms with Gasteiger partial charge in [-0.25, -0.2) is 4.79 Å². The van der Waals surface area contributed by atoms with E-state index in [2.05, 4.69) is 10.3 Å². The summed E-state index contributed by atoms with van der Waals surface area (Å²) in [6, 6.07) is 19.1. The fraction of sp³-hybridized carbons (Fsp3) is 0.269. The van der Waals surface area contributed by atoms with Crippen LogP contribution in [0.3, 0.4) is 0 Å². The smallest absolute Gasteiger partial charge is 0.415 e. The number of aromatic nitrogens is 1. The molecule has 3 heterocycles. The van der Waals surface area contributed by atoms with Crippen LogP contribution in [0.5, 0.6) is 0 Å². The number of pyridine rings is 1. The van der Waals surface area contributed by atoms with E-state index in [1.165, 1.54) is 0 Å². The van der Waals surface area contributed by atoms with Gasteiger partial charge in [0.2, 0.25) is 0 Å². The van der Waals surface area contributed by atoms with Crippen molar-refractivity contribution in [1.29, 1.82) is 0 Å². The van der Waals surface area contributed by atoms with Crippen LogP contribution in [0.25, 0.3) is 0 Å². The van der Waals surface area contributed by atoms with Gasteiger partial charge >= 0.3 is 6.09 Å².